The maximum Gasteiger partial charge on any atom is 0.269 e. The topological polar surface area (TPSA) is 72.2 Å². The summed E-state index contributed by atoms with van der Waals surface area (Å²) in [7, 11) is 0. The second-order valence-electron chi connectivity index (χ2n) is 5.41. The first-order valence-electron chi connectivity index (χ1n) is 5.82. The van der Waals surface area contributed by atoms with Gasteiger partial charge in [0.2, 0.25) is 5.91 Å². The van der Waals surface area contributed by atoms with E-state index in [0.717, 1.165) is 6.42 Å². The van der Waals surface area contributed by atoms with E-state index < -0.39 is 4.92 Å². The van der Waals surface area contributed by atoms with Crippen molar-refractivity contribution in [2.75, 3.05) is 5.32 Å². The molecule has 0 aliphatic carbocycles. The van der Waals surface area contributed by atoms with Gasteiger partial charge >= 0.3 is 0 Å². The molecule has 5 nitrogen and oxygen atoms in total. The third kappa shape index (κ3) is 4.95. The van der Waals surface area contributed by atoms with Crippen LogP contribution in [0.5, 0.6) is 0 Å². The van der Waals surface area contributed by atoms with E-state index in [4.69, 9.17) is 0 Å². The Morgan fingerprint density at radius 3 is 2.28 bits per heavy atom. The predicted molar refractivity (Wildman–Crippen MR) is 70.4 cm³/mol. The van der Waals surface area contributed by atoms with Crippen molar-refractivity contribution >= 4 is 17.3 Å². The van der Waals surface area contributed by atoms with Crippen molar-refractivity contribution in [3.05, 3.63) is 34.4 Å². The summed E-state index contributed by atoms with van der Waals surface area (Å²) in [6, 6.07) is 5.82. The van der Waals surface area contributed by atoms with Gasteiger partial charge in [0.15, 0.2) is 0 Å². The molecule has 0 saturated carbocycles. The average molecular weight is 250 g/mol. The quantitative estimate of drug-likeness (QED) is 0.657. The molecule has 0 saturated heterocycles. The number of carbonyl (C=O) groups is 1. The number of nitro groups is 1. The third-order valence-electron chi connectivity index (χ3n) is 2.46. The molecule has 0 spiro atoms. The molecule has 1 rings (SSSR count). The number of amides is 1. The Bertz CT molecular complexity index is 433. The highest BCUT2D eigenvalue weighted by atomic mass is 16.6. The van der Waals surface area contributed by atoms with Crippen LogP contribution < -0.4 is 5.32 Å². The number of non-ortho nitro benzene ring substituents is 1. The molecule has 0 heterocycles. The van der Waals surface area contributed by atoms with Crippen LogP contribution in [-0.2, 0) is 4.79 Å². The lowest BCUT2D eigenvalue weighted by Gasteiger charge is -2.17. The molecule has 0 fully saturated rings. The molecule has 0 aliphatic heterocycles. The summed E-state index contributed by atoms with van der Waals surface area (Å²) in [5, 5.41) is 13.2. The standard InChI is InChI=1S/C13H18N2O3/c1-13(2,3)9-8-12(16)14-10-4-6-11(7-5-10)15(17)18/h4-7H,8-9H2,1-3H3,(H,14,16). The van der Waals surface area contributed by atoms with Crippen LogP contribution >= 0.6 is 0 Å². The van der Waals surface area contributed by atoms with E-state index in [0.29, 0.717) is 12.1 Å². The maximum atomic E-state index is 11.6. The van der Waals surface area contributed by atoms with Gasteiger partial charge < -0.3 is 5.32 Å². The minimum absolute atomic E-state index is 0.0164. The first-order valence-corrected chi connectivity index (χ1v) is 5.82. The van der Waals surface area contributed by atoms with Crippen LogP contribution in [0, 0.1) is 15.5 Å². The van der Waals surface area contributed by atoms with Gasteiger partial charge in [-0.1, -0.05) is 20.8 Å². The Kier molecular flexibility index (Phi) is 4.42. The van der Waals surface area contributed by atoms with E-state index in [1.54, 1.807) is 0 Å². The van der Waals surface area contributed by atoms with Crippen molar-refractivity contribution < 1.29 is 9.72 Å². The molecule has 0 aromatic heterocycles. The highest BCUT2D eigenvalue weighted by molar-refractivity contribution is 5.90. The Labute approximate surface area is 106 Å². The van der Waals surface area contributed by atoms with Gasteiger partial charge in [0.1, 0.15) is 0 Å². The molecule has 1 amide bonds. The Morgan fingerprint density at radius 1 is 1.28 bits per heavy atom. The van der Waals surface area contributed by atoms with Gasteiger partial charge in [-0.25, -0.2) is 0 Å². The molecule has 0 aliphatic rings. The minimum atomic E-state index is -0.467. The van der Waals surface area contributed by atoms with Gasteiger partial charge in [-0.3, -0.25) is 14.9 Å². The van der Waals surface area contributed by atoms with Gasteiger partial charge in [0.05, 0.1) is 4.92 Å². The number of carbonyl (C=O) groups excluding carboxylic acids is 1. The summed E-state index contributed by atoms with van der Waals surface area (Å²) < 4.78 is 0. The summed E-state index contributed by atoms with van der Waals surface area (Å²) in [6.45, 7) is 6.23. The molecule has 0 bridgehead atoms. The van der Waals surface area contributed by atoms with Crippen LogP contribution in [0.2, 0.25) is 0 Å². The molecule has 1 aromatic carbocycles. The zero-order valence-corrected chi connectivity index (χ0v) is 10.9. The van der Waals surface area contributed by atoms with Crippen LogP contribution in [0.3, 0.4) is 0 Å². The zero-order valence-electron chi connectivity index (χ0n) is 10.9. The lowest BCUT2D eigenvalue weighted by atomic mass is 9.90. The fourth-order valence-electron chi connectivity index (χ4n) is 1.38. The van der Waals surface area contributed by atoms with Gasteiger partial charge in [-0.2, -0.15) is 0 Å². The molecule has 1 N–H and O–H groups in total. The molecule has 5 heteroatoms. The van der Waals surface area contributed by atoms with Gasteiger partial charge in [0.25, 0.3) is 5.69 Å². The van der Waals surface area contributed by atoms with Gasteiger partial charge in [-0.15, -0.1) is 0 Å². The van der Waals surface area contributed by atoms with Crippen LogP contribution in [0.4, 0.5) is 11.4 Å². The maximum absolute atomic E-state index is 11.6. The van der Waals surface area contributed by atoms with Gasteiger partial charge in [-0.05, 0) is 24.0 Å². The first-order chi connectivity index (χ1) is 8.28. The SMILES string of the molecule is CC(C)(C)CCC(=O)Nc1ccc([N+](=O)[O-])cc1. The van der Waals surface area contributed by atoms with E-state index in [-0.39, 0.29) is 17.0 Å². The van der Waals surface area contributed by atoms with Crippen molar-refractivity contribution in [3.8, 4) is 0 Å². The Morgan fingerprint density at radius 2 is 1.83 bits per heavy atom. The van der Waals surface area contributed by atoms with Crippen LogP contribution in [0.15, 0.2) is 24.3 Å². The Hall–Kier alpha value is -1.91. The number of nitro benzene ring substituents is 1. The molecular formula is C13H18N2O3. The fraction of sp³-hybridized carbons (Fsp3) is 0.462. The Balaban J connectivity index is 2.52. The van der Waals surface area contributed by atoms with Crippen LogP contribution in [0.25, 0.3) is 0 Å². The van der Waals surface area contributed by atoms with Crippen molar-refractivity contribution in [2.45, 2.75) is 33.6 Å². The summed E-state index contributed by atoms with van der Waals surface area (Å²) >= 11 is 0. The van der Waals surface area contributed by atoms with Crippen molar-refractivity contribution in [3.63, 3.8) is 0 Å². The highest BCUT2D eigenvalue weighted by Gasteiger charge is 2.13. The number of nitrogens with one attached hydrogen (secondary N) is 1. The van der Waals surface area contributed by atoms with E-state index in [1.807, 2.05) is 0 Å². The van der Waals surface area contributed by atoms with Crippen LogP contribution in [0.1, 0.15) is 33.6 Å². The summed E-state index contributed by atoms with van der Waals surface area (Å²) in [6.07, 6.45) is 1.24. The second kappa shape index (κ2) is 5.62. The van der Waals surface area contributed by atoms with Crippen molar-refractivity contribution in [2.24, 2.45) is 5.41 Å². The van der Waals surface area contributed by atoms with Crippen LogP contribution in [-0.4, -0.2) is 10.8 Å². The lowest BCUT2D eigenvalue weighted by Crippen LogP contribution is -2.15. The summed E-state index contributed by atoms with van der Waals surface area (Å²) in [4.78, 5) is 21.6. The number of hydrogen-bond donors (Lipinski definition) is 1. The number of rotatable bonds is 4. The molecule has 0 unspecified atom stereocenters. The summed E-state index contributed by atoms with van der Waals surface area (Å²) in [5.74, 6) is -0.0706. The van der Waals surface area contributed by atoms with E-state index in [9.17, 15) is 14.9 Å². The smallest absolute Gasteiger partial charge is 0.269 e. The monoisotopic (exact) mass is 250 g/mol. The fourth-order valence-corrected chi connectivity index (χ4v) is 1.38. The molecule has 98 valence electrons. The molecule has 0 atom stereocenters. The highest BCUT2D eigenvalue weighted by Crippen LogP contribution is 2.21. The van der Waals surface area contributed by atoms with Crippen molar-refractivity contribution in [1.82, 2.24) is 0 Å². The number of benzene rings is 1. The van der Waals surface area contributed by atoms with Gasteiger partial charge in [0, 0.05) is 24.2 Å². The normalized spacial score (nSPS) is 11.1. The predicted octanol–water partition coefficient (Wildman–Crippen LogP) is 3.36. The third-order valence-corrected chi connectivity index (χ3v) is 2.46. The van der Waals surface area contributed by atoms with E-state index in [1.165, 1.54) is 24.3 Å². The lowest BCUT2D eigenvalue weighted by molar-refractivity contribution is -0.384. The average Bonchev–Trinajstić information content (AvgIpc) is 2.26. The zero-order chi connectivity index (χ0) is 13.8. The number of nitrogens with zero attached hydrogens (tertiary/aromatic N) is 1. The second-order valence-corrected chi connectivity index (χ2v) is 5.41. The number of hydrogen-bond acceptors (Lipinski definition) is 3. The largest absolute Gasteiger partial charge is 0.326 e. The number of anilines is 1. The van der Waals surface area contributed by atoms with E-state index >= 15 is 0 Å². The molecule has 0 radical (unpaired) electrons. The molecule has 1 aromatic rings. The molecular weight excluding hydrogens is 232 g/mol. The van der Waals surface area contributed by atoms with E-state index in [2.05, 4.69) is 26.1 Å². The minimum Gasteiger partial charge on any atom is -0.326 e. The van der Waals surface area contributed by atoms with Crippen molar-refractivity contribution in [1.29, 1.82) is 0 Å². The molecule has 18 heavy (non-hydrogen) atoms. The summed E-state index contributed by atoms with van der Waals surface area (Å²) in [5.41, 5.74) is 0.717. The first kappa shape index (κ1) is 14.2.